The minimum atomic E-state index is -0.570. The standard InChI is InChI=1S/C15H13F3/c1-12(11-14(17)6-4-10-16)8-9-13-5-2-3-7-15(13)18/h2-11H,1H3/b9-8+,10-4+,12-11+,14-6+. The predicted octanol–water partition coefficient (Wildman–Crippen LogP) is 5.12. The van der Waals surface area contributed by atoms with Crippen molar-refractivity contribution < 1.29 is 13.2 Å². The molecule has 0 aliphatic rings. The van der Waals surface area contributed by atoms with Crippen LogP contribution in [0.5, 0.6) is 0 Å². The number of hydrogen-bond acceptors (Lipinski definition) is 0. The highest BCUT2D eigenvalue weighted by Crippen LogP contribution is 2.11. The Bertz CT molecular complexity index is 508. The lowest BCUT2D eigenvalue weighted by Crippen LogP contribution is -1.79. The van der Waals surface area contributed by atoms with E-state index in [0.717, 1.165) is 12.2 Å². The van der Waals surface area contributed by atoms with Crippen molar-refractivity contribution in [3.8, 4) is 0 Å². The SMILES string of the molecule is CC(/C=C/c1ccccc1F)=C\C(F)=C/C=C/F. The summed E-state index contributed by atoms with van der Waals surface area (Å²) in [5.74, 6) is -0.905. The molecule has 1 aromatic carbocycles. The number of rotatable bonds is 4. The number of halogens is 3. The third kappa shape index (κ3) is 4.87. The van der Waals surface area contributed by atoms with Crippen LogP contribution >= 0.6 is 0 Å². The Balaban J connectivity index is 2.79. The van der Waals surface area contributed by atoms with Crippen molar-refractivity contribution in [2.75, 3.05) is 0 Å². The average molecular weight is 250 g/mol. The van der Waals surface area contributed by atoms with Crippen LogP contribution in [0.3, 0.4) is 0 Å². The van der Waals surface area contributed by atoms with E-state index in [1.54, 1.807) is 37.3 Å². The van der Waals surface area contributed by atoms with Gasteiger partial charge in [-0.3, -0.25) is 0 Å². The van der Waals surface area contributed by atoms with E-state index in [1.165, 1.54) is 12.1 Å². The van der Waals surface area contributed by atoms with Crippen LogP contribution in [0.4, 0.5) is 13.2 Å². The summed E-state index contributed by atoms with van der Waals surface area (Å²) in [7, 11) is 0. The summed E-state index contributed by atoms with van der Waals surface area (Å²) in [6.07, 6.45) is 6.58. The smallest absolute Gasteiger partial charge is 0.130 e. The molecule has 0 saturated carbocycles. The Hall–Kier alpha value is -2.03. The largest absolute Gasteiger partial charge is 0.216 e. The van der Waals surface area contributed by atoms with Crippen LogP contribution in [0.2, 0.25) is 0 Å². The van der Waals surface area contributed by atoms with Gasteiger partial charge in [-0.1, -0.05) is 30.4 Å². The molecule has 0 amide bonds. The van der Waals surface area contributed by atoms with Crippen LogP contribution in [-0.4, -0.2) is 0 Å². The minimum Gasteiger partial charge on any atom is -0.216 e. The fourth-order valence-electron chi connectivity index (χ4n) is 1.27. The molecule has 0 aliphatic heterocycles. The van der Waals surface area contributed by atoms with Crippen LogP contribution in [0.1, 0.15) is 12.5 Å². The summed E-state index contributed by atoms with van der Waals surface area (Å²) >= 11 is 0. The summed E-state index contributed by atoms with van der Waals surface area (Å²) in [5.41, 5.74) is 1.03. The van der Waals surface area contributed by atoms with Crippen LogP contribution in [0.15, 0.2) is 66.3 Å². The number of hydrogen-bond donors (Lipinski definition) is 0. The highest BCUT2D eigenvalue weighted by Gasteiger charge is 1.95. The molecule has 0 aliphatic carbocycles. The third-order valence-electron chi connectivity index (χ3n) is 2.12. The van der Waals surface area contributed by atoms with Crippen LogP contribution in [-0.2, 0) is 0 Å². The van der Waals surface area contributed by atoms with Crippen LogP contribution in [0, 0.1) is 5.82 Å². The van der Waals surface area contributed by atoms with Crippen molar-refractivity contribution in [3.63, 3.8) is 0 Å². The first kappa shape index (κ1) is 14.0. The highest BCUT2D eigenvalue weighted by atomic mass is 19.1. The molecule has 0 atom stereocenters. The zero-order chi connectivity index (χ0) is 13.4. The quantitative estimate of drug-likeness (QED) is 0.650. The average Bonchev–Trinajstić information content (AvgIpc) is 2.35. The van der Waals surface area contributed by atoms with Crippen molar-refractivity contribution in [1.29, 1.82) is 0 Å². The van der Waals surface area contributed by atoms with E-state index >= 15 is 0 Å². The van der Waals surface area contributed by atoms with Crippen molar-refractivity contribution in [1.82, 2.24) is 0 Å². The van der Waals surface area contributed by atoms with Gasteiger partial charge in [-0.25, -0.2) is 13.2 Å². The van der Waals surface area contributed by atoms with Gasteiger partial charge >= 0.3 is 0 Å². The lowest BCUT2D eigenvalue weighted by atomic mass is 10.1. The monoisotopic (exact) mass is 250 g/mol. The summed E-state index contributed by atoms with van der Waals surface area (Å²) in [5, 5.41) is 0. The van der Waals surface area contributed by atoms with Gasteiger partial charge in [0, 0.05) is 5.56 Å². The maximum absolute atomic E-state index is 13.3. The molecule has 1 rings (SSSR count). The highest BCUT2D eigenvalue weighted by molar-refractivity contribution is 5.53. The van der Waals surface area contributed by atoms with Gasteiger partial charge in [0.25, 0.3) is 0 Å². The molecule has 0 bridgehead atoms. The van der Waals surface area contributed by atoms with E-state index in [4.69, 9.17) is 0 Å². The fourth-order valence-corrected chi connectivity index (χ4v) is 1.27. The second kappa shape index (κ2) is 7.33. The van der Waals surface area contributed by atoms with Crippen molar-refractivity contribution in [2.24, 2.45) is 0 Å². The Morgan fingerprint density at radius 2 is 1.94 bits per heavy atom. The zero-order valence-corrected chi connectivity index (χ0v) is 9.91. The Kier molecular flexibility index (Phi) is 5.71. The Labute approximate surface area is 104 Å². The number of allylic oxidation sites excluding steroid dienone is 6. The second-order valence-corrected chi connectivity index (χ2v) is 3.61. The lowest BCUT2D eigenvalue weighted by Gasteiger charge is -1.95. The van der Waals surface area contributed by atoms with Gasteiger partial charge in [0.15, 0.2) is 0 Å². The molecule has 0 saturated heterocycles. The maximum Gasteiger partial charge on any atom is 0.130 e. The molecular weight excluding hydrogens is 237 g/mol. The Morgan fingerprint density at radius 3 is 2.61 bits per heavy atom. The van der Waals surface area contributed by atoms with Crippen LogP contribution < -0.4 is 0 Å². The molecule has 1 aromatic rings. The van der Waals surface area contributed by atoms with Gasteiger partial charge in [0.2, 0.25) is 0 Å². The molecule has 94 valence electrons. The third-order valence-corrected chi connectivity index (χ3v) is 2.12. The van der Waals surface area contributed by atoms with E-state index in [2.05, 4.69) is 0 Å². The van der Waals surface area contributed by atoms with E-state index < -0.39 is 5.83 Å². The number of benzene rings is 1. The molecule has 0 spiro atoms. The molecule has 3 heteroatoms. The predicted molar refractivity (Wildman–Crippen MR) is 68.6 cm³/mol. The first-order valence-electron chi connectivity index (χ1n) is 5.37. The molecule has 0 N–H and O–H groups in total. The fraction of sp³-hybridized carbons (Fsp3) is 0.0667. The van der Waals surface area contributed by atoms with Crippen LogP contribution in [0.25, 0.3) is 6.08 Å². The molecule has 0 nitrogen and oxygen atoms in total. The van der Waals surface area contributed by atoms with Gasteiger partial charge in [0.05, 0.1) is 6.33 Å². The van der Waals surface area contributed by atoms with E-state index in [-0.39, 0.29) is 12.1 Å². The lowest BCUT2D eigenvalue weighted by molar-refractivity contribution is 0.625. The normalized spacial score (nSPS) is 13.8. The summed E-state index contributed by atoms with van der Waals surface area (Å²) in [6, 6.07) is 6.29. The van der Waals surface area contributed by atoms with Crippen molar-refractivity contribution in [2.45, 2.75) is 6.92 Å². The first-order chi connectivity index (χ1) is 8.63. The van der Waals surface area contributed by atoms with Crippen molar-refractivity contribution >= 4 is 6.08 Å². The Morgan fingerprint density at radius 1 is 1.22 bits per heavy atom. The van der Waals surface area contributed by atoms with Gasteiger partial charge in [-0.05, 0) is 36.8 Å². The molecule has 0 radical (unpaired) electrons. The molecular formula is C15H13F3. The van der Waals surface area contributed by atoms with E-state index in [9.17, 15) is 13.2 Å². The molecule has 18 heavy (non-hydrogen) atoms. The van der Waals surface area contributed by atoms with Crippen molar-refractivity contribution in [3.05, 3.63) is 77.7 Å². The van der Waals surface area contributed by atoms with Gasteiger partial charge in [-0.2, -0.15) is 0 Å². The van der Waals surface area contributed by atoms with Gasteiger partial charge < -0.3 is 0 Å². The first-order valence-corrected chi connectivity index (χ1v) is 5.37. The summed E-state index contributed by atoms with van der Waals surface area (Å²) < 4.78 is 38.0. The molecule has 0 aromatic heterocycles. The molecule has 0 unspecified atom stereocenters. The molecule has 0 heterocycles. The topological polar surface area (TPSA) is 0 Å². The van der Waals surface area contributed by atoms with E-state index in [1.807, 2.05) is 0 Å². The van der Waals surface area contributed by atoms with E-state index in [0.29, 0.717) is 11.1 Å². The maximum atomic E-state index is 13.3. The van der Waals surface area contributed by atoms with Gasteiger partial charge in [-0.15, -0.1) is 0 Å². The summed E-state index contributed by atoms with van der Waals surface area (Å²) in [4.78, 5) is 0. The second-order valence-electron chi connectivity index (χ2n) is 3.61. The minimum absolute atomic E-state index is 0.248. The van der Waals surface area contributed by atoms with Gasteiger partial charge in [0.1, 0.15) is 11.6 Å². The zero-order valence-electron chi connectivity index (χ0n) is 9.91. The summed E-state index contributed by atoms with van der Waals surface area (Å²) in [6.45, 7) is 1.67. The molecule has 0 fully saturated rings.